The molecule has 1 aromatic heterocycles. The van der Waals surface area contributed by atoms with Crippen LogP contribution in [-0.4, -0.2) is 12.1 Å². The molecule has 21 heavy (non-hydrogen) atoms. The molecule has 2 aromatic carbocycles. The molecule has 106 valence electrons. The van der Waals surface area contributed by atoms with E-state index in [1.165, 1.54) is 5.56 Å². The molecule has 4 heteroatoms. The Hall–Kier alpha value is -1.39. The van der Waals surface area contributed by atoms with Gasteiger partial charge in [-0.2, -0.15) is 0 Å². The van der Waals surface area contributed by atoms with E-state index in [4.69, 9.17) is 4.74 Å². The number of rotatable bonds is 3. The number of alkyl halides is 1. The largest absolute Gasteiger partial charge is 0.481 e. The van der Waals surface area contributed by atoms with Crippen LogP contribution in [0.5, 0.6) is 5.88 Å². The molecule has 3 rings (SSSR count). The normalized spacial score (nSPS) is 12.3. The number of benzene rings is 2. The number of fused-ring (bicyclic) bond motifs is 1. The van der Waals surface area contributed by atoms with Crippen molar-refractivity contribution in [2.24, 2.45) is 0 Å². The lowest BCUT2D eigenvalue weighted by Crippen LogP contribution is -2.00. The first kappa shape index (κ1) is 14.5. The fourth-order valence-corrected chi connectivity index (χ4v) is 3.30. The molecule has 0 spiro atoms. The predicted octanol–water partition coefficient (Wildman–Crippen LogP) is 5.49. The van der Waals surface area contributed by atoms with Gasteiger partial charge in [-0.15, -0.1) is 0 Å². The first-order chi connectivity index (χ1) is 10.2. The molecular weight excluding hydrogens is 394 g/mol. The van der Waals surface area contributed by atoms with Gasteiger partial charge < -0.3 is 4.74 Å². The maximum absolute atomic E-state index is 5.47. The van der Waals surface area contributed by atoms with Crippen molar-refractivity contribution in [2.75, 3.05) is 7.11 Å². The molecule has 2 nitrogen and oxygen atoms in total. The maximum Gasteiger partial charge on any atom is 0.218 e. The van der Waals surface area contributed by atoms with E-state index in [1.807, 2.05) is 30.3 Å². The number of halogens is 2. The van der Waals surface area contributed by atoms with Crippen LogP contribution in [-0.2, 0) is 0 Å². The van der Waals surface area contributed by atoms with Crippen LogP contribution in [0.2, 0.25) is 0 Å². The first-order valence-corrected chi connectivity index (χ1v) is 8.23. The highest BCUT2D eigenvalue weighted by atomic mass is 79.9. The third kappa shape index (κ3) is 2.97. The van der Waals surface area contributed by atoms with Crippen LogP contribution >= 0.6 is 31.9 Å². The van der Waals surface area contributed by atoms with Crippen LogP contribution < -0.4 is 4.74 Å². The summed E-state index contributed by atoms with van der Waals surface area (Å²) in [5.41, 5.74) is 3.12. The molecule has 0 N–H and O–H groups in total. The van der Waals surface area contributed by atoms with Crippen LogP contribution in [0.1, 0.15) is 16.0 Å². The summed E-state index contributed by atoms with van der Waals surface area (Å²) in [6, 6.07) is 18.4. The van der Waals surface area contributed by atoms with Crippen molar-refractivity contribution < 1.29 is 4.74 Å². The molecule has 0 fully saturated rings. The second kappa shape index (κ2) is 6.16. The van der Waals surface area contributed by atoms with Gasteiger partial charge >= 0.3 is 0 Å². The van der Waals surface area contributed by atoms with Crippen molar-refractivity contribution in [2.45, 2.75) is 4.83 Å². The van der Waals surface area contributed by atoms with E-state index in [0.717, 1.165) is 20.9 Å². The smallest absolute Gasteiger partial charge is 0.218 e. The van der Waals surface area contributed by atoms with Gasteiger partial charge in [0.05, 0.1) is 17.5 Å². The van der Waals surface area contributed by atoms with E-state index in [-0.39, 0.29) is 4.83 Å². The van der Waals surface area contributed by atoms with Gasteiger partial charge in [0, 0.05) is 15.4 Å². The van der Waals surface area contributed by atoms with Gasteiger partial charge in [-0.25, -0.2) is 4.98 Å². The minimum Gasteiger partial charge on any atom is -0.481 e. The zero-order valence-electron chi connectivity index (χ0n) is 11.4. The molecule has 3 aromatic rings. The number of nitrogens with zero attached hydrogens (tertiary/aromatic N) is 1. The molecule has 1 heterocycles. The second-order valence-corrected chi connectivity index (χ2v) is 6.53. The highest BCUT2D eigenvalue weighted by Gasteiger charge is 2.17. The van der Waals surface area contributed by atoms with Crippen molar-refractivity contribution >= 4 is 42.8 Å². The summed E-state index contributed by atoms with van der Waals surface area (Å²) in [5, 5.41) is 1.08. The van der Waals surface area contributed by atoms with E-state index >= 15 is 0 Å². The molecule has 0 radical (unpaired) electrons. The highest BCUT2D eigenvalue weighted by Crippen LogP contribution is 2.37. The highest BCUT2D eigenvalue weighted by molar-refractivity contribution is 9.10. The predicted molar refractivity (Wildman–Crippen MR) is 93.2 cm³/mol. The SMILES string of the molecule is COc1nc2ccc(Br)cc2cc1[C@H](Br)c1ccccc1. The number of pyridine rings is 1. The van der Waals surface area contributed by atoms with E-state index in [9.17, 15) is 0 Å². The van der Waals surface area contributed by atoms with E-state index in [0.29, 0.717) is 5.88 Å². The van der Waals surface area contributed by atoms with Gasteiger partial charge in [0.25, 0.3) is 0 Å². The summed E-state index contributed by atoms with van der Waals surface area (Å²) in [5.74, 6) is 0.649. The van der Waals surface area contributed by atoms with Crippen LogP contribution in [0.15, 0.2) is 59.1 Å². The molecule has 1 atom stereocenters. The Balaban J connectivity index is 2.16. The number of methoxy groups -OCH3 is 1. The van der Waals surface area contributed by atoms with Gasteiger partial charge in [-0.3, -0.25) is 0 Å². The summed E-state index contributed by atoms with van der Waals surface area (Å²) >= 11 is 7.26. The Bertz CT molecular complexity index is 774. The topological polar surface area (TPSA) is 22.1 Å². The molecule has 0 amide bonds. The second-order valence-electron chi connectivity index (χ2n) is 4.70. The van der Waals surface area contributed by atoms with Crippen LogP contribution in [0, 0.1) is 0 Å². The summed E-state index contributed by atoms with van der Waals surface area (Å²) < 4.78 is 6.51. The van der Waals surface area contributed by atoms with Crippen LogP contribution in [0.3, 0.4) is 0 Å². The van der Waals surface area contributed by atoms with Gasteiger partial charge in [0.2, 0.25) is 5.88 Å². The molecular formula is C17H13Br2NO. The Kier molecular flexibility index (Phi) is 4.27. The Morgan fingerprint density at radius 2 is 1.81 bits per heavy atom. The summed E-state index contributed by atoms with van der Waals surface area (Å²) in [7, 11) is 1.65. The molecule has 0 saturated heterocycles. The quantitative estimate of drug-likeness (QED) is 0.536. The minimum absolute atomic E-state index is 0.0459. The van der Waals surface area contributed by atoms with E-state index < -0.39 is 0 Å². The minimum atomic E-state index is 0.0459. The maximum atomic E-state index is 5.47. The van der Waals surface area contributed by atoms with E-state index in [1.54, 1.807) is 7.11 Å². The van der Waals surface area contributed by atoms with Crippen molar-refractivity contribution in [1.29, 1.82) is 0 Å². The number of hydrogen-bond donors (Lipinski definition) is 0. The fourth-order valence-electron chi connectivity index (χ4n) is 2.29. The number of hydrogen-bond acceptors (Lipinski definition) is 2. The lowest BCUT2D eigenvalue weighted by Gasteiger charge is -2.15. The zero-order valence-corrected chi connectivity index (χ0v) is 14.6. The lowest BCUT2D eigenvalue weighted by atomic mass is 10.0. The van der Waals surface area contributed by atoms with Gasteiger partial charge in [0.1, 0.15) is 0 Å². The summed E-state index contributed by atoms with van der Waals surface area (Å²) in [6.45, 7) is 0. The van der Waals surface area contributed by atoms with Crippen LogP contribution in [0.4, 0.5) is 0 Å². The van der Waals surface area contributed by atoms with Crippen molar-refractivity contribution in [3.8, 4) is 5.88 Å². The Morgan fingerprint density at radius 3 is 2.52 bits per heavy atom. The van der Waals surface area contributed by atoms with E-state index in [2.05, 4.69) is 61.1 Å². The Morgan fingerprint density at radius 1 is 1.05 bits per heavy atom. The number of ether oxygens (including phenoxy) is 1. The van der Waals surface area contributed by atoms with Gasteiger partial charge in [0.15, 0.2) is 0 Å². The van der Waals surface area contributed by atoms with Crippen molar-refractivity contribution in [1.82, 2.24) is 4.98 Å². The third-order valence-corrected chi connectivity index (χ3v) is 4.84. The lowest BCUT2D eigenvalue weighted by molar-refractivity contribution is 0.395. The molecule has 0 aliphatic carbocycles. The van der Waals surface area contributed by atoms with Crippen LogP contribution in [0.25, 0.3) is 10.9 Å². The Labute approximate surface area is 140 Å². The van der Waals surface area contributed by atoms with Crippen molar-refractivity contribution in [3.63, 3.8) is 0 Å². The molecule has 0 aliphatic rings. The monoisotopic (exact) mass is 405 g/mol. The average molecular weight is 407 g/mol. The molecule has 0 unspecified atom stereocenters. The third-order valence-electron chi connectivity index (χ3n) is 3.33. The molecule has 0 bridgehead atoms. The summed E-state index contributed by atoms with van der Waals surface area (Å²) in [4.78, 5) is 4.65. The van der Waals surface area contributed by atoms with Gasteiger partial charge in [-0.1, -0.05) is 62.2 Å². The fraction of sp³-hybridized carbons (Fsp3) is 0.118. The molecule has 0 saturated carbocycles. The first-order valence-electron chi connectivity index (χ1n) is 6.52. The zero-order chi connectivity index (χ0) is 14.8. The summed E-state index contributed by atoms with van der Waals surface area (Å²) in [6.07, 6.45) is 0. The molecule has 0 aliphatic heterocycles. The average Bonchev–Trinajstić information content (AvgIpc) is 2.53. The van der Waals surface area contributed by atoms with Gasteiger partial charge in [-0.05, 0) is 29.8 Å². The number of aromatic nitrogens is 1. The standard InChI is InChI=1S/C17H13Br2NO/c1-21-17-14(16(19)11-5-3-2-4-6-11)10-12-9-13(18)7-8-15(12)20-17/h2-10,16H,1H3/t16-/m1/s1. The van der Waals surface area contributed by atoms with Crippen molar-refractivity contribution in [3.05, 3.63) is 70.2 Å².